The molecule has 0 unspecified atom stereocenters. The van der Waals surface area contributed by atoms with Gasteiger partial charge in [-0.1, -0.05) is 18.2 Å². The maximum absolute atomic E-state index is 12.1. The minimum Gasteiger partial charge on any atom is -0.508 e. The van der Waals surface area contributed by atoms with Crippen molar-refractivity contribution in [1.29, 1.82) is 0 Å². The summed E-state index contributed by atoms with van der Waals surface area (Å²) in [7, 11) is 1.66. The number of carbonyl (C=O) groups excluding carboxylic acids is 1. The fraction of sp³-hybridized carbons (Fsp3) is 0.143. The lowest BCUT2D eigenvalue weighted by Crippen LogP contribution is -2.27. The third kappa shape index (κ3) is 3.01. The molecule has 0 saturated heterocycles. The number of aromatic hydroxyl groups is 1. The SMILES string of the molecule is CN(Cc1ccccc1O)C(=O)c1ccc(N)cn1. The first-order valence-electron chi connectivity index (χ1n) is 5.82. The molecule has 0 aliphatic carbocycles. The molecule has 3 N–H and O–H groups in total. The molecule has 0 atom stereocenters. The van der Waals surface area contributed by atoms with Crippen molar-refractivity contribution in [3.8, 4) is 5.75 Å². The summed E-state index contributed by atoms with van der Waals surface area (Å²) >= 11 is 0. The summed E-state index contributed by atoms with van der Waals surface area (Å²) in [6, 6.07) is 10.1. The number of phenols is 1. The number of anilines is 1. The first-order chi connectivity index (χ1) is 9.08. The topological polar surface area (TPSA) is 79.5 Å². The Morgan fingerprint density at radius 2 is 2.05 bits per heavy atom. The molecule has 19 heavy (non-hydrogen) atoms. The first-order valence-corrected chi connectivity index (χ1v) is 5.82. The highest BCUT2D eigenvalue weighted by molar-refractivity contribution is 5.92. The van der Waals surface area contributed by atoms with Gasteiger partial charge in [-0.05, 0) is 18.2 Å². The van der Waals surface area contributed by atoms with E-state index < -0.39 is 0 Å². The molecule has 0 spiro atoms. The molecule has 1 amide bonds. The zero-order chi connectivity index (χ0) is 13.8. The van der Waals surface area contributed by atoms with Gasteiger partial charge in [0, 0.05) is 19.2 Å². The van der Waals surface area contributed by atoms with Crippen LogP contribution in [0.2, 0.25) is 0 Å². The number of para-hydroxylation sites is 1. The Hall–Kier alpha value is -2.56. The lowest BCUT2D eigenvalue weighted by atomic mass is 10.2. The number of aromatic nitrogens is 1. The molecule has 98 valence electrons. The molecule has 5 heteroatoms. The predicted molar refractivity (Wildman–Crippen MR) is 72.6 cm³/mol. The van der Waals surface area contributed by atoms with Crippen molar-refractivity contribution in [2.75, 3.05) is 12.8 Å². The van der Waals surface area contributed by atoms with Gasteiger partial charge in [-0.15, -0.1) is 0 Å². The number of carbonyl (C=O) groups is 1. The fourth-order valence-electron chi connectivity index (χ4n) is 1.70. The van der Waals surface area contributed by atoms with Gasteiger partial charge in [0.1, 0.15) is 11.4 Å². The Kier molecular flexibility index (Phi) is 3.66. The third-order valence-electron chi connectivity index (χ3n) is 2.75. The Bertz CT molecular complexity index is 581. The average molecular weight is 257 g/mol. The Balaban J connectivity index is 2.12. The zero-order valence-corrected chi connectivity index (χ0v) is 10.6. The van der Waals surface area contributed by atoms with Gasteiger partial charge in [0.2, 0.25) is 0 Å². The molecule has 1 heterocycles. The molecular formula is C14H15N3O2. The quantitative estimate of drug-likeness (QED) is 0.876. The number of amides is 1. The van der Waals surface area contributed by atoms with E-state index in [1.165, 1.54) is 11.1 Å². The second kappa shape index (κ2) is 5.39. The van der Waals surface area contributed by atoms with Crippen molar-refractivity contribution in [2.24, 2.45) is 0 Å². The van der Waals surface area contributed by atoms with Crippen LogP contribution in [0.4, 0.5) is 5.69 Å². The van der Waals surface area contributed by atoms with Crippen LogP contribution in [0.15, 0.2) is 42.6 Å². The molecule has 1 aromatic carbocycles. The molecule has 0 aliphatic heterocycles. The minimum absolute atomic E-state index is 0.174. The predicted octanol–water partition coefficient (Wildman–Crippen LogP) is 1.64. The van der Waals surface area contributed by atoms with Crippen LogP contribution in [0, 0.1) is 0 Å². The van der Waals surface area contributed by atoms with Crippen molar-refractivity contribution < 1.29 is 9.90 Å². The van der Waals surface area contributed by atoms with Gasteiger partial charge in [0.25, 0.3) is 5.91 Å². The van der Waals surface area contributed by atoms with Gasteiger partial charge < -0.3 is 15.7 Å². The summed E-state index contributed by atoms with van der Waals surface area (Å²) < 4.78 is 0. The van der Waals surface area contributed by atoms with Gasteiger partial charge in [0.05, 0.1) is 11.9 Å². The lowest BCUT2D eigenvalue weighted by Gasteiger charge is -2.17. The second-order valence-corrected chi connectivity index (χ2v) is 4.27. The Labute approximate surface area is 111 Å². The van der Waals surface area contributed by atoms with Crippen molar-refractivity contribution in [3.63, 3.8) is 0 Å². The van der Waals surface area contributed by atoms with E-state index in [1.807, 2.05) is 6.07 Å². The van der Waals surface area contributed by atoms with Gasteiger partial charge in [-0.2, -0.15) is 0 Å². The molecule has 0 radical (unpaired) electrons. The zero-order valence-electron chi connectivity index (χ0n) is 10.6. The standard InChI is InChI=1S/C14H15N3O2/c1-17(9-10-4-2-3-5-13(10)18)14(19)12-7-6-11(15)8-16-12/h2-8,18H,9,15H2,1H3. The van der Waals surface area contributed by atoms with E-state index in [1.54, 1.807) is 37.4 Å². The van der Waals surface area contributed by atoms with Crippen LogP contribution in [0.1, 0.15) is 16.1 Å². The Morgan fingerprint density at radius 1 is 1.32 bits per heavy atom. The van der Waals surface area contributed by atoms with Crippen LogP contribution in [0.25, 0.3) is 0 Å². The molecule has 0 bridgehead atoms. The Morgan fingerprint density at radius 3 is 2.68 bits per heavy atom. The monoisotopic (exact) mass is 257 g/mol. The highest BCUT2D eigenvalue weighted by Crippen LogP contribution is 2.17. The summed E-state index contributed by atoms with van der Waals surface area (Å²) in [5.74, 6) is -0.0457. The van der Waals surface area contributed by atoms with Crippen molar-refractivity contribution in [2.45, 2.75) is 6.54 Å². The number of benzene rings is 1. The van der Waals surface area contributed by atoms with Gasteiger partial charge >= 0.3 is 0 Å². The van der Waals surface area contributed by atoms with Crippen LogP contribution in [-0.4, -0.2) is 27.9 Å². The molecule has 0 fully saturated rings. The highest BCUT2D eigenvalue weighted by Gasteiger charge is 2.14. The molecule has 0 saturated carbocycles. The molecule has 2 aromatic rings. The number of nitrogen functional groups attached to an aromatic ring is 1. The van der Waals surface area contributed by atoms with E-state index >= 15 is 0 Å². The number of rotatable bonds is 3. The summed E-state index contributed by atoms with van der Waals surface area (Å²) in [6.07, 6.45) is 1.45. The molecule has 1 aromatic heterocycles. The van der Waals surface area contributed by atoms with Gasteiger partial charge in [0.15, 0.2) is 0 Å². The largest absolute Gasteiger partial charge is 0.508 e. The van der Waals surface area contributed by atoms with Crippen LogP contribution in [0.5, 0.6) is 5.75 Å². The average Bonchev–Trinajstić information content (AvgIpc) is 2.41. The van der Waals surface area contributed by atoms with E-state index in [2.05, 4.69) is 4.98 Å². The summed E-state index contributed by atoms with van der Waals surface area (Å²) in [6.45, 7) is 0.317. The maximum Gasteiger partial charge on any atom is 0.272 e. The van der Waals surface area contributed by atoms with Gasteiger partial charge in [-0.25, -0.2) is 4.98 Å². The second-order valence-electron chi connectivity index (χ2n) is 4.27. The van der Waals surface area contributed by atoms with Crippen molar-refractivity contribution in [1.82, 2.24) is 9.88 Å². The van der Waals surface area contributed by atoms with E-state index in [-0.39, 0.29) is 11.7 Å². The number of phenolic OH excluding ortho intramolecular Hbond substituents is 1. The first kappa shape index (κ1) is 12.9. The van der Waals surface area contributed by atoms with Gasteiger partial charge in [-0.3, -0.25) is 4.79 Å². The van der Waals surface area contributed by atoms with Crippen LogP contribution >= 0.6 is 0 Å². The van der Waals surface area contributed by atoms with E-state index in [4.69, 9.17) is 5.73 Å². The van der Waals surface area contributed by atoms with E-state index in [9.17, 15) is 9.90 Å². The number of pyridine rings is 1. The third-order valence-corrected chi connectivity index (χ3v) is 2.75. The fourth-order valence-corrected chi connectivity index (χ4v) is 1.70. The summed E-state index contributed by atoms with van der Waals surface area (Å²) in [4.78, 5) is 17.6. The van der Waals surface area contributed by atoms with Crippen LogP contribution in [0.3, 0.4) is 0 Å². The normalized spacial score (nSPS) is 10.2. The summed E-state index contributed by atoms with van der Waals surface area (Å²) in [5, 5.41) is 9.68. The summed E-state index contributed by atoms with van der Waals surface area (Å²) in [5.41, 5.74) is 7.05. The maximum atomic E-state index is 12.1. The molecule has 0 aliphatic rings. The van der Waals surface area contributed by atoms with Crippen LogP contribution < -0.4 is 5.73 Å². The smallest absolute Gasteiger partial charge is 0.272 e. The minimum atomic E-state index is -0.219. The molecular weight excluding hydrogens is 242 g/mol. The number of hydrogen-bond acceptors (Lipinski definition) is 4. The number of nitrogens with two attached hydrogens (primary N) is 1. The van der Waals surface area contributed by atoms with E-state index in [0.29, 0.717) is 23.5 Å². The molecule has 5 nitrogen and oxygen atoms in total. The van der Waals surface area contributed by atoms with Crippen molar-refractivity contribution in [3.05, 3.63) is 53.9 Å². The number of nitrogens with zero attached hydrogens (tertiary/aromatic N) is 2. The lowest BCUT2D eigenvalue weighted by molar-refractivity contribution is 0.0778. The number of hydrogen-bond donors (Lipinski definition) is 2. The van der Waals surface area contributed by atoms with Crippen molar-refractivity contribution >= 4 is 11.6 Å². The van der Waals surface area contributed by atoms with Crippen LogP contribution in [-0.2, 0) is 6.54 Å². The van der Waals surface area contributed by atoms with E-state index in [0.717, 1.165) is 0 Å². The highest BCUT2D eigenvalue weighted by atomic mass is 16.3. The molecule has 2 rings (SSSR count).